The first-order valence-corrected chi connectivity index (χ1v) is 11.9. The highest BCUT2D eigenvalue weighted by Crippen LogP contribution is 2.45. The standard InChI is InChI=1S/C30H28N2O5/c1-17-14-25(37-5)18(2)13-22(17)28(33)26-27(23-16-31(3)24-12-7-6-11-21(23)24)32(30(35)29(26)34)19-9-8-10-20(15-19)36-4/h6-16,27,33H,1-5H3/b28-26+. The summed E-state index contributed by atoms with van der Waals surface area (Å²) in [6.07, 6.45) is 1.91. The number of amides is 1. The van der Waals surface area contributed by atoms with Crippen LogP contribution in [0.2, 0.25) is 0 Å². The quantitative estimate of drug-likeness (QED) is 0.226. The van der Waals surface area contributed by atoms with Gasteiger partial charge in [0, 0.05) is 47.0 Å². The molecule has 1 amide bonds. The van der Waals surface area contributed by atoms with Crippen molar-refractivity contribution in [2.75, 3.05) is 19.1 Å². The molecule has 37 heavy (non-hydrogen) atoms. The number of para-hydroxylation sites is 1. The van der Waals surface area contributed by atoms with Gasteiger partial charge < -0.3 is 19.1 Å². The summed E-state index contributed by atoms with van der Waals surface area (Å²) in [5.41, 5.74) is 4.24. The molecule has 1 aromatic heterocycles. The molecule has 0 aliphatic carbocycles. The fourth-order valence-electron chi connectivity index (χ4n) is 5.15. The van der Waals surface area contributed by atoms with Crippen LogP contribution in [0, 0.1) is 13.8 Å². The fourth-order valence-corrected chi connectivity index (χ4v) is 5.15. The molecule has 1 saturated heterocycles. The Bertz CT molecular complexity index is 1600. The molecule has 1 fully saturated rings. The van der Waals surface area contributed by atoms with Gasteiger partial charge in [-0.2, -0.15) is 0 Å². The van der Waals surface area contributed by atoms with Gasteiger partial charge >= 0.3 is 0 Å². The third-order valence-electron chi connectivity index (χ3n) is 7.00. The second-order valence-electron chi connectivity index (χ2n) is 9.22. The maximum Gasteiger partial charge on any atom is 0.300 e. The number of ketones is 1. The minimum Gasteiger partial charge on any atom is -0.507 e. The molecule has 2 heterocycles. The van der Waals surface area contributed by atoms with Gasteiger partial charge in [0.1, 0.15) is 17.3 Å². The second-order valence-corrected chi connectivity index (χ2v) is 9.22. The molecule has 1 aliphatic heterocycles. The zero-order valence-electron chi connectivity index (χ0n) is 21.4. The molecule has 7 heteroatoms. The Morgan fingerprint density at radius 3 is 2.41 bits per heavy atom. The van der Waals surface area contributed by atoms with Gasteiger partial charge in [-0.05, 0) is 55.3 Å². The number of fused-ring (bicyclic) bond motifs is 1. The van der Waals surface area contributed by atoms with E-state index in [0.717, 1.165) is 27.6 Å². The first-order valence-electron chi connectivity index (χ1n) is 11.9. The summed E-state index contributed by atoms with van der Waals surface area (Å²) in [7, 11) is 5.05. The Labute approximate surface area is 215 Å². The van der Waals surface area contributed by atoms with Gasteiger partial charge in [-0.3, -0.25) is 14.5 Å². The van der Waals surface area contributed by atoms with Crippen LogP contribution < -0.4 is 14.4 Å². The Morgan fingerprint density at radius 2 is 1.68 bits per heavy atom. The summed E-state index contributed by atoms with van der Waals surface area (Å²) >= 11 is 0. The highest BCUT2D eigenvalue weighted by molar-refractivity contribution is 6.52. The first kappa shape index (κ1) is 24.2. The van der Waals surface area contributed by atoms with Gasteiger partial charge in [0.25, 0.3) is 11.7 Å². The normalized spacial score (nSPS) is 17.0. The highest BCUT2D eigenvalue weighted by Gasteiger charge is 2.48. The predicted molar refractivity (Wildman–Crippen MR) is 143 cm³/mol. The number of anilines is 1. The zero-order valence-corrected chi connectivity index (χ0v) is 21.4. The second kappa shape index (κ2) is 9.17. The Morgan fingerprint density at radius 1 is 0.919 bits per heavy atom. The van der Waals surface area contributed by atoms with Gasteiger partial charge in [0.2, 0.25) is 0 Å². The molecule has 1 unspecified atom stereocenters. The summed E-state index contributed by atoms with van der Waals surface area (Å²) in [5, 5.41) is 12.5. The number of methoxy groups -OCH3 is 2. The molecule has 1 N–H and O–H groups in total. The van der Waals surface area contributed by atoms with Crippen LogP contribution >= 0.6 is 0 Å². The van der Waals surface area contributed by atoms with Crippen molar-refractivity contribution in [1.29, 1.82) is 0 Å². The molecule has 4 aromatic rings. The summed E-state index contributed by atoms with van der Waals surface area (Å²) in [6, 6.07) is 17.6. The van der Waals surface area contributed by atoms with Gasteiger partial charge in [-0.25, -0.2) is 0 Å². The van der Waals surface area contributed by atoms with Gasteiger partial charge in [-0.1, -0.05) is 24.3 Å². The monoisotopic (exact) mass is 496 g/mol. The van der Waals surface area contributed by atoms with E-state index in [-0.39, 0.29) is 11.3 Å². The zero-order chi connectivity index (χ0) is 26.4. The van der Waals surface area contributed by atoms with Gasteiger partial charge in [0.05, 0.1) is 25.8 Å². The lowest BCUT2D eigenvalue weighted by Crippen LogP contribution is -2.29. The van der Waals surface area contributed by atoms with E-state index in [1.54, 1.807) is 44.6 Å². The number of aliphatic hydroxyl groups excluding tert-OH is 1. The first-order chi connectivity index (χ1) is 17.8. The molecule has 5 rings (SSSR count). The molecular weight excluding hydrogens is 468 g/mol. The van der Waals surface area contributed by atoms with Crippen molar-refractivity contribution >= 4 is 34.0 Å². The molecule has 0 saturated carbocycles. The third-order valence-corrected chi connectivity index (χ3v) is 7.00. The predicted octanol–water partition coefficient (Wildman–Crippen LogP) is 5.44. The van der Waals surface area contributed by atoms with E-state index in [0.29, 0.717) is 22.7 Å². The number of aryl methyl sites for hydroxylation is 3. The van der Waals surface area contributed by atoms with Gasteiger partial charge in [-0.15, -0.1) is 0 Å². The van der Waals surface area contributed by atoms with Crippen LogP contribution in [0.15, 0.2) is 72.4 Å². The van der Waals surface area contributed by atoms with Crippen molar-refractivity contribution in [2.45, 2.75) is 19.9 Å². The SMILES string of the molecule is COc1cccc(N2C(=O)C(=O)/C(=C(/O)c3cc(C)c(OC)cc3C)C2c2cn(C)c3ccccc23)c1. The Balaban J connectivity index is 1.82. The van der Waals surface area contributed by atoms with Crippen molar-refractivity contribution in [2.24, 2.45) is 7.05 Å². The number of Topliss-reactive ketones (excluding diaryl/α,β-unsaturated/α-hetero) is 1. The maximum absolute atomic E-state index is 13.6. The lowest BCUT2D eigenvalue weighted by atomic mass is 9.92. The molecule has 0 radical (unpaired) electrons. The largest absolute Gasteiger partial charge is 0.507 e. The van der Waals surface area contributed by atoms with Crippen LogP contribution in [0.4, 0.5) is 5.69 Å². The number of carbonyl (C=O) groups is 2. The smallest absolute Gasteiger partial charge is 0.300 e. The summed E-state index contributed by atoms with van der Waals surface area (Å²) in [5.74, 6) is -0.444. The van der Waals surface area contributed by atoms with E-state index in [9.17, 15) is 14.7 Å². The molecule has 1 atom stereocenters. The average Bonchev–Trinajstić information content (AvgIpc) is 3.37. The molecule has 3 aromatic carbocycles. The van der Waals surface area contributed by atoms with Crippen LogP contribution in [0.5, 0.6) is 11.5 Å². The number of aromatic nitrogens is 1. The number of aliphatic hydroxyl groups is 1. The van der Waals surface area contributed by atoms with Crippen molar-refractivity contribution in [1.82, 2.24) is 4.57 Å². The molecular formula is C30H28N2O5. The number of hydrogen-bond donors (Lipinski definition) is 1. The molecule has 0 bridgehead atoms. The van der Waals surface area contributed by atoms with Crippen LogP contribution in [-0.4, -0.2) is 35.6 Å². The minimum atomic E-state index is -0.847. The lowest BCUT2D eigenvalue weighted by molar-refractivity contribution is -0.132. The maximum atomic E-state index is 13.6. The van der Waals surface area contributed by atoms with E-state index in [1.165, 1.54) is 4.90 Å². The number of ether oxygens (including phenoxy) is 2. The molecule has 7 nitrogen and oxygen atoms in total. The minimum absolute atomic E-state index is 0.0387. The number of hydrogen-bond acceptors (Lipinski definition) is 5. The van der Waals surface area contributed by atoms with Crippen LogP contribution in [0.25, 0.3) is 16.7 Å². The van der Waals surface area contributed by atoms with Crippen LogP contribution in [0.1, 0.15) is 28.3 Å². The van der Waals surface area contributed by atoms with Crippen molar-refractivity contribution in [3.8, 4) is 11.5 Å². The van der Waals surface area contributed by atoms with E-state index in [1.807, 2.05) is 62.0 Å². The van der Waals surface area contributed by atoms with Crippen molar-refractivity contribution < 1.29 is 24.2 Å². The number of benzene rings is 3. The Kier molecular flexibility index (Phi) is 5.99. The van der Waals surface area contributed by atoms with Crippen molar-refractivity contribution in [3.63, 3.8) is 0 Å². The molecule has 1 aliphatic rings. The fraction of sp³-hybridized carbons (Fsp3) is 0.200. The van der Waals surface area contributed by atoms with Gasteiger partial charge in [0.15, 0.2) is 0 Å². The summed E-state index contributed by atoms with van der Waals surface area (Å²) in [6.45, 7) is 3.70. The van der Waals surface area contributed by atoms with Crippen LogP contribution in [0.3, 0.4) is 0 Å². The average molecular weight is 497 g/mol. The highest BCUT2D eigenvalue weighted by atomic mass is 16.5. The van der Waals surface area contributed by atoms with E-state index >= 15 is 0 Å². The van der Waals surface area contributed by atoms with Crippen LogP contribution in [-0.2, 0) is 16.6 Å². The van der Waals surface area contributed by atoms with Crippen molar-refractivity contribution in [3.05, 3.63) is 94.7 Å². The topological polar surface area (TPSA) is 81.0 Å². The molecule has 188 valence electrons. The summed E-state index contributed by atoms with van der Waals surface area (Å²) < 4.78 is 12.8. The number of carbonyl (C=O) groups excluding carboxylic acids is 2. The lowest BCUT2D eigenvalue weighted by Gasteiger charge is -2.25. The molecule has 0 spiro atoms. The number of rotatable bonds is 5. The van der Waals surface area contributed by atoms with E-state index < -0.39 is 17.7 Å². The Hall–Kier alpha value is -4.52. The van der Waals surface area contributed by atoms with E-state index in [4.69, 9.17) is 9.47 Å². The van der Waals surface area contributed by atoms with E-state index in [2.05, 4.69) is 0 Å². The summed E-state index contributed by atoms with van der Waals surface area (Å²) in [4.78, 5) is 28.7. The third kappa shape index (κ3) is 3.83. The number of nitrogens with zero attached hydrogens (tertiary/aromatic N) is 2.